The molecule has 1 amide bonds. The minimum absolute atomic E-state index is 0. The predicted molar refractivity (Wildman–Crippen MR) is 110 cm³/mol. The van der Waals surface area contributed by atoms with Crippen LogP contribution in [-0.2, 0) is 14.8 Å². The number of sulfonamides is 1. The molecule has 2 saturated heterocycles. The SMILES string of the molecule is CNC1CCCN(C(=O)C2CCN(S(=O)(=O)c3ccc(OC)cc3)CC2)C1.Cl. The first kappa shape index (κ1) is 22.9. The summed E-state index contributed by atoms with van der Waals surface area (Å²) >= 11 is 0. The van der Waals surface area contributed by atoms with Crippen molar-refractivity contribution < 1.29 is 17.9 Å². The molecule has 7 nitrogen and oxygen atoms in total. The van der Waals surface area contributed by atoms with Crippen LogP contribution in [0.5, 0.6) is 5.75 Å². The van der Waals surface area contributed by atoms with Crippen LogP contribution < -0.4 is 10.1 Å². The Bertz CT molecular complexity index is 749. The summed E-state index contributed by atoms with van der Waals surface area (Å²) in [7, 11) is -0.0511. The van der Waals surface area contributed by atoms with Crippen LogP contribution in [0.2, 0.25) is 0 Å². The van der Waals surface area contributed by atoms with Gasteiger partial charge in [0, 0.05) is 38.1 Å². The van der Waals surface area contributed by atoms with Crippen molar-refractivity contribution in [3.63, 3.8) is 0 Å². The monoisotopic (exact) mass is 431 g/mol. The second-order valence-corrected chi connectivity index (χ2v) is 9.20. The van der Waals surface area contributed by atoms with Crippen molar-refractivity contribution in [2.75, 3.05) is 40.3 Å². The molecular formula is C19H30ClN3O4S. The van der Waals surface area contributed by atoms with E-state index in [1.54, 1.807) is 31.4 Å². The molecule has 0 bridgehead atoms. The number of rotatable bonds is 5. The van der Waals surface area contributed by atoms with E-state index in [9.17, 15) is 13.2 Å². The summed E-state index contributed by atoms with van der Waals surface area (Å²) in [4.78, 5) is 15.0. The van der Waals surface area contributed by atoms with Gasteiger partial charge in [-0.05, 0) is 57.0 Å². The number of carbonyl (C=O) groups is 1. The maximum atomic E-state index is 12.8. The highest BCUT2D eigenvalue weighted by Crippen LogP contribution is 2.27. The molecule has 9 heteroatoms. The van der Waals surface area contributed by atoms with E-state index < -0.39 is 10.0 Å². The van der Waals surface area contributed by atoms with Gasteiger partial charge in [-0.2, -0.15) is 4.31 Å². The fourth-order valence-electron chi connectivity index (χ4n) is 3.91. The number of benzene rings is 1. The van der Waals surface area contributed by atoms with E-state index in [0.29, 0.717) is 37.7 Å². The Morgan fingerprint density at radius 2 is 1.75 bits per heavy atom. The van der Waals surface area contributed by atoms with E-state index in [1.807, 2.05) is 11.9 Å². The quantitative estimate of drug-likeness (QED) is 0.768. The van der Waals surface area contributed by atoms with Gasteiger partial charge in [-0.15, -0.1) is 12.4 Å². The molecule has 3 rings (SSSR count). The van der Waals surface area contributed by atoms with Gasteiger partial charge in [-0.25, -0.2) is 8.42 Å². The van der Waals surface area contributed by atoms with Crippen LogP contribution >= 0.6 is 12.4 Å². The maximum absolute atomic E-state index is 12.8. The summed E-state index contributed by atoms with van der Waals surface area (Å²) < 4.78 is 32.2. The van der Waals surface area contributed by atoms with Gasteiger partial charge >= 0.3 is 0 Å². The fraction of sp³-hybridized carbons (Fsp3) is 0.632. The van der Waals surface area contributed by atoms with Crippen molar-refractivity contribution in [2.24, 2.45) is 5.92 Å². The smallest absolute Gasteiger partial charge is 0.243 e. The number of likely N-dealkylation sites (N-methyl/N-ethyl adjacent to an activating group) is 1. The number of hydrogen-bond acceptors (Lipinski definition) is 5. The highest BCUT2D eigenvalue weighted by molar-refractivity contribution is 7.89. The number of amides is 1. The fourth-order valence-corrected chi connectivity index (χ4v) is 5.38. The van der Waals surface area contributed by atoms with Gasteiger partial charge in [0.05, 0.1) is 12.0 Å². The van der Waals surface area contributed by atoms with Crippen LogP contribution in [0.4, 0.5) is 0 Å². The molecule has 0 radical (unpaired) electrons. The third-order valence-electron chi connectivity index (χ3n) is 5.64. The lowest BCUT2D eigenvalue weighted by Gasteiger charge is -2.37. The highest BCUT2D eigenvalue weighted by Gasteiger charge is 2.34. The number of methoxy groups -OCH3 is 1. The van der Waals surface area contributed by atoms with E-state index in [0.717, 1.165) is 25.9 Å². The summed E-state index contributed by atoms with van der Waals surface area (Å²) in [5.41, 5.74) is 0. The molecule has 0 spiro atoms. The Hall–Kier alpha value is -1.35. The normalized spacial score (nSPS) is 21.8. The molecule has 2 aliphatic heterocycles. The number of nitrogens with one attached hydrogen (secondary N) is 1. The van der Waals surface area contributed by atoms with Crippen LogP contribution in [0.3, 0.4) is 0 Å². The number of ether oxygens (including phenoxy) is 1. The molecular weight excluding hydrogens is 402 g/mol. The van der Waals surface area contributed by atoms with Crippen LogP contribution in [-0.4, -0.2) is 69.9 Å². The van der Waals surface area contributed by atoms with Gasteiger partial charge in [0.2, 0.25) is 15.9 Å². The molecule has 2 aliphatic rings. The van der Waals surface area contributed by atoms with Crippen LogP contribution in [0.25, 0.3) is 0 Å². The standard InChI is InChI=1S/C19H29N3O4S.ClH/c1-20-16-4-3-11-21(14-16)19(23)15-9-12-22(13-10-15)27(24,25)18-7-5-17(26-2)6-8-18;/h5-8,15-16,20H,3-4,9-14H2,1-2H3;1H. The Kier molecular flexibility index (Phi) is 8.12. The molecule has 0 aromatic heterocycles. The number of hydrogen-bond donors (Lipinski definition) is 1. The van der Waals surface area contributed by atoms with Gasteiger partial charge in [0.15, 0.2) is 0 Å². The summed E-state index contributed by atoms with van der Waals surface area (Å²) in [5.74, 6) is 0.721. The van der Waals surface area contributed by atoms with E-state index in [4.69, 9.17) is 4.74 Å². The van der Waals surface area contributed by atoms with Crippen molar-refractivity contribution >= 4 is 28.3 Å². The summed E-state index contributed by atoms with van der Waals surface area (Å²) in [6.07, 6.45) is 3.27. The number of halogens is 1. The van der Waals surface area contributed by atoms with Crippen molar-refractivity contribution in [1.82, 2.24) is 14.5 Å². The summed E-state index contributed by atoms with van der Waals surface area (Å²) in [5, 5.41) is 3.25. The van der Waals surface area contributed by atoms with Gasteiger partial charge in [-0.3, -0.25) is 4.79 Å². The first-order valence-corrected chi connectivity index (χ1v) is 11.0. The second kappa shape index (κ2) is 9.91. The molecule has 1 unspecified atom stereocenters. The molecule has 28 heavy (non-hydrogen) atoms. The molecule has 2 fully saturated rings. The topological polar surface area (TPSA) is 79.0 Å². The molecule has 1 aromatic carbocycles. The lowest BCUT2D eigenvalue weighted by Crippen LogP contribution is -2.50. The zero-order valence-electron chi connectivity index (χ0n) is 16.5. The number of carbonyl (C=O) groups excluding carboxylic acids is 1. The molecule has 1 atom stereocenters. The van der Waals surface area contributed by atoms with Crippen molar-refractivity contribution in [3.05, 3.63) is 24.3 Å². The molecule has 1 aromatic rings. The Morgan fingerprint density at radius 3 is 2.32 bits per heavy atom. The van der Waals surface area contributed by atoms with E-state index in [2.05, 4.69) is 5.32 Å². The number of nitrogens with zero attached hydrogens (tertiary/aromatic N) is 2. The third-order valence-corrected chi connectivity index (χ3v) is 7.55. The van der Waals surface area contributed by atoms with Gasteiger partial charge < -0.3 is 15.0 Å². The Morgan fingerprint density at radius 1 is 1.11 bits per heavy atom. The van der Waals surface area contributed by atoms with E-state index in [1.165, 1.54) is 4.31 Å². The van der Waals surface area contributed by atoms with Crippen molar-refractivity contribution in [3.8, 4) is 5.75 Å². The van der Waals surface area contributed by atoms with Crippen LogP contribution in [0.1, 0.15) is 25.7 Å². The lowest BCUT2D eigenvalue weighted by atomic mass is 9.95. The summed E-state index contributed by atoms with van der Waals surface area (Å²) in [6, 6.07) is 6.79. The molecule has 158 valence electrons. The Balaban J connectivity index is 0.00000280. The van der Waals surface area contributed by atoms with Crippen LogP contribution in [0.15, 0.2) is 29.2 Å². The zero-order chi connectivity index (χ0) is 19.4. The van der Waals surface area contributed by atoms with E-state index in [-0.39, 0.29) is 29.1 Å². The second-order valence-electron chi connectivity index (χ2n) is 7.27. The number of likely N-dealkylation sites (tertiary alicyclic amines) is 1. The largest absolute Gasteiger partial charge is 0.497 e. The highest BCUT2D eigenvalue weighted by atomic mass is 35.5. The average molecular weight is 432 g/mol. The first-order chi connectivity index (χ1) is 13.0. The zero-order valence-corrected chi connectivity index (χ0v) is 18.1. The molecule has 0 saturated carbocycles. The van der Waals surface area contributed by atoms with Gasteiger partial charge in [-0.1, -0.05) is 0 Å². The van der Waals surface area contributed by atoms with Gasteiger partial charge in [0.1, 0.15) is 5.75 Å². The summed E-state index contributed by atoms with van der Waals surface area (Å²) in [6.45, 7) is 2.32. The minimum Gasteiger partial charge on any atom is -0.497 e. The lowest BCUT2D eigenvalue weighted by molar-refractivity contribution is -0.138. The Labute approximate surface area is 173 Å². The number of piperidine rings is 2. The molecule has 2 heterocycles. The molecule has 1 N–H and O–H groups in total. The van der Waals surface area contributed by atoms with Gasteiger partial charge in [0.25, 0.3) is 0 Å². The minimum atomic E-state index is -3.53. The van der Waals surface area contributed by atoms with Crippen LogP contribution in [0, 0.1) is 5.92 Å². The van der Waals surface area contributed by atoms with Crippen molar-refractivity contribution in [1.29, 1.82) is 0 Å². The predicted octanol–water partition coefficient (Wildman–Crippen LogP) is 1.73. The third kappa shape index (κ3) is 4.97. The van der Waals surface area contributed by atoms with Crippen molar-refractivity contribution in [2.45, 2.75) is 36.6 Å². The van der Waals surface area contributed by atoms with E-state index >= 15 is 0 Å². The first-order valence-electron chi connectivity index (χ1n) is 9.56. The average Bonchev–Trinajstić information content (AvgIpc) is 2.73. The maximum Gasteiger partial charge on any atom is 0.243 e. The molecule has 0 aliphatic carbocycles.